The maximum atomic E-state index is 12.8. The molecule has 0 aliphatic carbocycles. The molecule has 0 radical (unpaired) electrons. The second kappa shape index (κ2) is 11.0. The number of nitrogens with zero attached hydrogens (tertiary/aromatic N) is 1. The highest BCUT2D eigenvalue weighted by Crippen LogP contribution is 2.31. The van der Waals surface area contributed by atoms with Gasteiger partial charge in [-0.05, 0) is 53.8 Å². The van der Waals surface area contributed by atoms with Crippen LogP contribution in [0.4, 0.5) is 5.69 Å². The smallest absolute Gasteiger partial charge is 0.312 e. The van der Waals surface area contributed by atoms with E-state index in [2.05, 4.69) is 32.9 Å². The van der Waals surface area contributed by atoms with Crippen LogP contribution in [-0.2, 0) is 19.7 Å². The number of Topliss-reactive ketones (excluding diaryl/α,β-unsaturated/α-hetero) is 1. The Kier molecular flexibility index (Phi) is 7.77. The van der Waals surface area contributed by atoms with Crippen molar-refractivity contribution in [3.8, 4) is 11.5 Å². The molecule has 3 aromatic carbocycles. The Hall–Kier alpha value is -3.93. The van der Waals surface area contributed by atoms with Crippen molar-refractivity contribution in [3.05, 3.63) is 90.0 Å². The van der Waals surface area contributed by atoms with Crippen molar-refractivity contribution in [1.82, 2.24) is 0 Å². The Balaban J connectivity index is 1.36. The molecule has 1 amide bonds. The molecule has 1 heterocycles. The Morgan fingerprint density at radius 3 is 2.08 bits per heavy atom. The summed E-state index contributed by atoms with van der Waals surface area (Å²) in [5, 5.41) is 0. The number of hydrogen-bond acceptors (Lipinski definition) is 5. The van der Waals surface area contributed by atoms with Gasteiger partial charge in [-0.2, -0.15) is 0 Å². The van der Waals surface area contributed by atoms with Crippen LogP contribution in [0, 0.1) is 5.92 Å². The number of carbonyl (C=O) groups excluding carboxylic acids is 3. The Morgan fingerprint density at radius 2 is 1.51 bits per heavy atom. The van der Waals surface area contributed by atoms with Crippen LogP contribution in [0.2, 0.25) is 0 Å². The molecule has 192 valence electrons. The van der Waals surface area contributed by atoms with Crippen LogP contribution < -0.4 is 9.64 Å². The lowest BCUT2D eigenvalue weighted by molar-refractivity contribution is -0.151. The Labute approximate surface area is 218 Å². The summed E-state index contributed by atoms with van der Waals surface area (Å²) in [7, 11) is 0. The molecule has 4 rings (SSSR count). The van der Waals surface area contributed by atoms with E-state index in [1.54, 1.807) is 60.4 Å². The lowest BCUT2D eigenvalue weighted by Gasteiger charge is -2.20. The summed E-state index contributed by atoms with van der Waals surface area (Å²) in [4.78, 5) is 39.9. The standard InChI is InChI=1S/C31H33NO5/c1-5-27(29(34)21-9-7-6-8-10-21)37-30(35)22-19-28(33)32(20-22)24-13-17-26(18-14-24)36-25-15-11-23(12-16-25)31(2,3)4/h6-18,22,27H,5,19-20H2,1-4H3/t22-,27+/m0/s1. The minimum atomic E-state index is -0.868. The third-order valence-electron chi connectivity index (χ3n) is 6.54. The van der Waals surface area contributed by atoms with Crippen LogP contribution in [0.25, 0.3) is 0 Å². The van der Waals surface area contributed by atoms with Gasteiger partial charge in [-0.3, -0.25) is 14.4 Å². The predicted octanol–water partition coefficient (Wildman–Crippen LogP) is 6.33. The second-order valence-corrected chi connectivity index (χ2v) is 10.3. The van der Waals surface area contributed by atoms with Gasteiger partial charge in [0.1, 0.15) is 11.5 Å². The lowest BCUT2D eigenvalue weighted by Crippen LogP contribution is -2.31. The Morgan fingerprint density at radius 1 is 0.919 bits per heavy atom. The number of benzene rings is 3. The van der Waals surface area contributed by atoms with E-state index in [0.717, 1.165) is 5.75 Å². The second-order valence-electron chi connectivity index (χ2n) is 10.3. The third kappa shape index (κ3) is 6.26. The molecule has 0 saturated carbocycles. The molecule has 2 atom stereocenters. The van der Waals surface area contributed by atoms with Crippen molar-refractivity contribution in [2.45, 2.75) is 52.1 Å². The van der Waals surface area contributed by atoms with Crippen molar-refractivity contribution in [1.29, 1.82) is 0 Å². The topological polar surface area (TPSA) is 72.9 Å². The largest absolute Gasteiger partial charge is 0.457 e. The van der Waals surface area contributed by atoms with Gasteiger partial charge < -0.3 is 14.4 Å². The number of ketones is 1. The van der Waals surface area contributed by atoms with E-state index < -0.39 is 18.0 Å². The van der Waals surface area contributed by atoms with E-state index >= 15 is 0 Å². The fraction of sp³-hybridized carbons (Fsp3) is 0.323. The van der Waals surface area contributed by atoms with Gasteiger partial charge in [-0.1, -0.05) is 70.2 Å². The molecule has 0 spiro atoms. The quantitative estimate of drug-likeness (QED) is 0.267. The van der Waals surface area contributed by atoms with Crippen LogP contribution in [0.15, 0.2) is 78.9 Å². The van der Waals surface area contributed by atoms with Crippen molar-refractivity contribution in [3.63, 3.8) is 0 Å². The highest BCUT2D eigenvalue weighted by molar-refractivity contribution is 6.02. The van der Waals surface area contributed by atoms with Crippen LogP contribution in [0.3, 0.4) is 0 Å². The molecule has 0 bridgehead atoms. The first-order valence-corrected chi connectivity index (χ1v) is 12.6. The normalized spacial score (nSPS) is 16.4. The average Bonchev–Trinajstić information content (AvgIpc) is 3.29. The molecule has 1 aliphatic heterocycles. The highest BCUT2D eigenvalue weighted by atomic mass is 16.5. The van der Waals surface area contributed by atoms with Crippen LogP contribution >= 0.6 is 0 Å². The minimum Gasteiger partial charge on any atom is -0.457 e. The highest BCUT2D eigenvalue weighted by Gasteiger charge is 2.37. The summed E-state index contributed by atoms with van der Waals surface area (Å²) in [6, 6.07) is 24.0. The summed E-state index contributed by atoms with van der Waals surface area (Å²) in [6.07, 6.45) is -0.454. The molecule has 0 N–H and O–H groups in total. The van der Waals surface area contributed by atoms with Crippen LogP contribution in [0.5, 0.6) is 11.5 Å². The minimum absolute atomic E-state index is 0.0488. The van der Waals surface area contributed by atoms with E-state index in [-0.39, 0.29) is 30.1 Å². The zero-order valence-electron chi connectivity index (χ0n) is 21.8. The summed E-state index contributed by atoms with van der Waals surface area (Å²) in [6.45, 7) is 8.50. The number of rotatable bonds is 8. The number of anilines is 1. The molecule has 6 heteroatoms. The monoisotopic (exact) mass is 499 g/mol. The van der Waals surface area contributed by atoms with Gasteiger partial charge in [-0.15, -0.1) is 0 Å². The van der Waals surface area contributed by atoms with Gasteiger partial charge in [0.25, 0.3) is 0 Å². The first-order chi connectivity index (χ1) is 17.7. The first kappa shape index (κ1) is 26.1. The summed E-state index contributed by atoms with van der Waals surface area (Å²) in [5.74, 6) is -0.151. The van der Waals surface area contributed by atoms with Gasteiger partial charge in [0.15, 0.2) is 6.10 Å². The van der Waals surface area contributed by atoms with Gasteiger partial charge in [0, 0.05) is 24.2 Å². The van der Waals surface area contributed by atoms with Gasteiger partial charge >= 0.3 is 5.97 Å². The van der Waals surface area contributed by atoms with E-state index in [1.807, 2.05) is 18.2 Å². The molecule has 0 aromatic heterocycles. The molecule has 1 aliphatic rings. The number of hydrogen-bond donors (Lipinski definition) is 0. The predicted molar refractivity (Wildman–Crippen MR) is 143 cm³/mol. The van der Waals surface area contributed by atoms with Crippen LogP contribution in [-0.4, -0.2) is 30.3 Å². The number of amides is 1. The number of carbonyl (C=O) groups is 3. The fourth-order valence-electron chi connectivity index (χ4n) is 4.32. The molecule has 1 saturated heterocycles. The molecule has 0 unspecified atom stereocenters. The van der Waals surface area contributed by atoms with Gasteiger partial charge in [-0.25, -0.2) is 0 Å². The van der Waals surface area contributed by atoms with Gasteiger partial charge in [0.05, 0.1) is 5.92 Å². The molecule has 1 fully saturated rings. The van der Waals surface area contributed by atoms with E-state index in [0.29, 0.717) is 23.4 Å². The van der Waals surface area contributed by atoms with Crippen molar-refractivity contribution in [2.75, 3.05) is 11.4 Å². The number of esters is 1. The molecule has 6 nitrogen and oxygen atoms in total. The molecular weight excluding hydrogens is 466 g/mol. The summed E-state index contributed by atoms with van der Waals surface area (Å²) >= 11 is 0. The maximum absolute atomic E-state index is 12.8. The molecular formula is C31H33NO5. The van der Waals surface area contributed by atoms with E-state index in [1.165, 1.54) is 5.56 Å². The van der Waals surface area contributed by atoms with E-state index in [4.69, 9.17) is 9.47 Å². The Bertz CT molecular complexity index is 1240. The zero-order valence-corrected chi connectivity index (χ0v) is 21.8. The third-order valence-corrected chi connectivity index (χ3v) is 6.54. The fourth-order valence-corrected chi connectivity index (χ4v) is 4.32. The SMILES string of the molecule is CC[C@@H](OC(=O)[C@H]1CC(=O)N(c2ccc(Oc3ccc(C(C)(C)C)cc3)cc2)C1)C(=O)c1ccccc1. The average molecular weight is 500 g/mol. The molecule has 3 aromatic rings. The maximum Gasteiger partial charge on any atom is 0.312 e. The summed E-state index contributed by atoms with van der Waals surface area (Å²) < 4.78 is 11.5. The van der Waals surface area contributed by atoms with Crippen molar-refractivity contribution >= 4 is 23.3 Å². The van der Waals surface area contributed by atoms with E-state index in [9.17, 15) is 14.4 Å². The van der Waals surface area contributed by atoms with Crippen LogP contribution in [0.1, 0.15) is 56.5 Å². The van der Waals surface area contributed by atoms with Crippen molar-refractivity contribution in [2.24, 2.45) is 5.92 Å². The zero-order chi connectivity index (χ0) is 26.6. The number of ether oxygens (including phenoxy) is 2. The lowest BCUT2D eigenvalue weighted by atomic mass is 9.87. The first-order valence-electron chi connectivity index (χ1n) is 12.6. The van der Waals surface area contributed by atoms with Gasteiger partial charge in [0.2, 0.25) is 11.7 Å². The molecule has 37 heavy (non-hydrogen) atoms. The summed E-state index contributed by atoms with van der Waals surface area (Å²) in [5.41, 5.74) is 2.48. The van der Waals surface area contributed by atoms with Crippen molar-refractivity contribution < 1.29 is 23.9 Å².